The van der Waals surface area contributed by atoms with Crippen LogP contribution in [0.2, 0.25) is 0 Å². The molecule has 8 heteroatoms. The maximum atomic E-state index is 12.8. The standard InChI is InChI=1S/C20H25N3O5/c1-2-28-20(27)21-16-4-3-11-22(13-16)19(26)15-7-5-14(6-8-15)12-23-17(24)9-10-18(23)25/h5-8,16H,2-4,9-13H2,1H3,(H,21,27)/t16-/m0/s1. The number of hydrogen-bond acceptors (Lipinski definition) is 5. The first-order valence-corrected chi connectivity index (χ1v) is 9.62. The molecule has 0 unspecified atom stereocenters. The molecule has 1 atom stereocenters. The van der Waals surface area contributed by atoms with Crippen molar-refractivity contribution < 1.29 is 23.9 Å². The number of carbonyl (C=O) groups is 4. The van der Waals surface area contributed by atoms with E-state index in [4.69, 9.17) is 4.74 Å². The summed E-state index contributed by atoms with van der Waals surface area (Å²) >= 11 is 0. The molecule has 2 saturated heterocycles. The van der Waals surface area contributed by atoms with Gasteiger partial charge < -0.3 is 15.0 Å². The smallest absolute Gasteiger partial charge is 0.407 e. The fourth-order valence-electron chi connectivity index (χ4n) is 3.54. The highest BCUT2D eigenvalue weighted by Gasteiger charge is 2.29. The van der Waals surface area contributed by atoms with Gasteiger partial charge in [-0.25, -0.2) is 4.79 Å². The average Bonchev–Trinajstić information content (AvgIpc) is 3.00. The Balaban J connectivity index is 1.58. The average molecular weight is 387 g/mol. The van der Waals surface area contributed by atoms with Gasteiger partial charge in [-0.3, -0.25) is 19.3 Å². The van der Waals surface area contributed by atoms with Crippen LogP contribution in [0.4, 0.5) is 4.79 Å². The lowest BCUT2D eigenvalue weighted by Gasteiger charge is -2.33. The van der Waals surface area contributed by atoms with Gasteiger partial charge in [0.2, 0.25) is 11.8 Å². The van der Waals surface area contributed by atoms with Gasteiger partial charge in [0.25, 0.3) is 5.91 Å². The normalized spacial score (nSPS) is 19.7. The number of nitrogens with one attached hydrogen (secondary N) is 1. The first-order valence-electron chi connectivity index (χ1n) is 9.62. The van der Waals surface area contributed by atoms with E-state index in [0.29, 0.717) is 25.3 Å². The molecule has 0 saturated carbocycles. The second kappa shape index (κ2) is 8.86. The Bertz CT molecular complexity index is 746. The maximum absolute atomic E-state index is 12.8. The van der Waals surface area contributed by atoms with Gasteiger partial charge in [-0.15, -0.1) is 0 Å². The number of ether oxygens (including phenoxy) is 1. The fraction of sp³-hybridized carbons (Fsp3) is 0.500. The largest absolute Gasteiger partial charge is 0.450 e. The number of carbonyl (C=O) groups excluding carboxylic acids is 4. The summed E-state index contributed by atoms with van der Waals surface area (Å²) < 4.78 is 4.90. The van der Waals surface area contributed by atoms with Crippen molar-refractivity contribution in [3.8, 4) is 0 Å². The molecule has 0 radical (unpaired) electrons. The quantitative estimate of drug-likeness (QED) is 0.776. The van der Waals surface area contributed by atoms with Crippen molar-refractivity contribution in [1.82, 2.24) is 15.1 Å². The number of benzene rings is 1. The number of alkyl carbamates (subject to hydrolysis) is 1. The molecule has 1 aromatic rings. The molecular formula is C20H25N3O5. The number of amides is 4. The monoisotopic (exact) mass is 387 g/mol. The third-order valence-electron chi connectivity index (χ3n) is 5.00. The number of likely N-dealkylation sites (tertiary alicyclic amines) is 2. The van der Waals surface area contributed by atoms with Gasteiger partial charge in [0.05, 0.1) is 13.2 Å². The van der Waals surface area contributed by atoms with E-state index in [1.165, 1.54) is 4.90 Å². The Morgan fingerprint density at radius 1 is 1.14 bits per heavy atom. The molecule has 0 aromatic heterocycles. The lowest BCUT2D eigenvalue weighted by molar-refractivity contribution is -0.139. The van der Waals surface area contributed by atoms with Crippen molar-refractivity contribution in [2.24, 2.45) is 0 Å². The van der Waals surface area contributed by atoms with Gasteiger partial charge in [0, 0.05) is 37.5 Å². The van der Waals surface area contributed by atoms with E-state index in [2.05, 4.69) is 5.32 Å². The Kier molecular flexibility index (Phi) is 6.28. The van der Waals surface area contributed by atoms with Crippen molar-refractivity contribution in [3.63, 3.8) is 0 Å². The lowest BCUT2D eigenvalue weighted by atomic mass is 10.0. The minimum Gasteiger partial charge on any atom is -0.450 e. The zero-order valence-electron chi connectivity index (χ0n) is 16.0. The number of hydrogen-bond donors (Lipinski definition) is 1. The second-order valence-electron chi connectivity index (χ2n) is 7.03. The molecule has 3 rings (SSSR count). The Labute approximate surface area is 163 Å². The molecule has 0 bridgehead atoms. The number of nitrogens with zero attached hydrogens (tertiary/aromatic N) is 2. The lowest BCUT2D eigenvalue weighted by Crippen LogP contribution is -2.49. The highest BCUT2D eigenvalue weighted by molar-refractivity contribution is 6.01. The van der Waals surface area contributed by atoms with Crippen LogP contribution in [0.3, 0.4) is 0 Å². The summed E-state index contributed by atoms with van der Waals surface area (Å²) in [4.78, 5) is 50.8. The Morgan fingerprint density at radius 3 is 2.46 bits per heavy atom. The highest BCUT2D eigenvalue weighted by atomic mass is 16.5. The van der Waals surface area contributed by atoms with Crippen molar-refractivity contribution >= 4 is 23.8 Å². The summed E-state index contributed by atoms with van der Waals surface area (Å²) in [5.74, 6) is -0.410. The summed E-state index contributed by atoms with van der Waals surface area (Å²) in [5, 5.41) is 2.79. The van der Waals surface area contributed by atoms with E-state index in [9.17, 15) is 19.2 Å². The third-order valence-corrected chi connectivity index (χ3v) is 5.00. The molecule has 8 nitrogen and oxygen atoms in total. The molecular weight excluding hydrogens is 362 g/mol. The summed E-state index contributed by atoms with van der Waals surface area (Å²) in [6.07, 6.45) is 1.69. The fourth-order valence-corrected chi connectivity index (χ4v) is 3.54. The second-order valence-corrected chi connectivity index (χ2v) is 7.03. The molecule has 28 heavy (non-hydrogen) atoms. The Hall–Kier alpha value is -2.90. The summed E-state index contributed by atoms with van der Waals surface area (Å²) in [7, 11) is 0. The summed E-state index contributed by atoms with van der Waals surface area (Å²) in [5.41, 5.74) is 1.35. The minimum atomic E-state index is -0.461. The van der Waals surface area contributed by atoms with E-state index < -0.39 is 6.09 Å². The number of rotatable bonds is 5. The zero-order valence-corrected chi connectivity index (χ0v) is 16.0. The van der Waals surface area contributed by atoms with E-state index >= 15 is 0 Å². The maximum Gasteiger partial charge on any atom is 0.407 e. The van der Waals surface area contributed by atoms with Crippen LogP contribution in [0.25, 0.3) is 0 Å². The van der Waals surface area contributed by atoms with Gasteiger partial charge in [0.15, 0.2) is 0 Å². The first kappa shape index (κ1) is 19.9. The third kappa shape index (κ3) is 4.68. The topological polar surface area (TPSA) is 96.0 Å². The van der Waals surface area contributed by atoms with E-state index in [0.717, 1.165) is 18.4 Å². The molecule has 2 heterocycles. The van der Waals surface area contributed by atoms with Crippen molar-refractivity contribution in [3.05, 3.63) is 35.4 Å². The van der Waals surface area contributed by atoms with Crippen LogP contribution < -0.4 is 5.32 Å². The van der Waals surface area contributed by atoms with Gasteiger partial charge in [-0.05, 0) is 37.5 Å². The van der Waals surface area contributed by atoms with Gasteiger partial charge >= 0.3 is 6.09 Å². The van der Waals surface area contributed by atoms with Gasteiger partial charge in [0.1, 0.15) is 0 Å². The molecule has 150 valence electrons. The number of imide groups is 1. The van der Waals surface area contributed by atoms with Gasteiger partial charge in [-0.2, -0.15) is 0 Å². The van der Waals surface area contributed by atoms with Crippen LogP contribution in [-0.4, -0.2) is 59.4 Å². The predicted molar refractivity (Wildman–Crippen MR) is 100 cm³/mol. The predicted octanol–water partition coefficient (Wildman–Crippen LogP) is 1.69. The van der Waals surface area contributed by atoms with Crippen LogP contribution in [0.5, 0.6) is 0 Å². The van der Waals surface area contributed by atoms with Crippen LogP contribution >= 0.6 is 0 Å². The Morgan fingerprint density at radius 2 is 1.82 bits per heavy atom. The molecule has 2 fully saturated rings. The van der Waals surface area contributed by atoms with E-state index in [1.54, 1.807) is 36.1 Å². The molecule has 1 aromatic carbocycles. The molecule has 2 aliphatic heterocycles. The minimum absolute atomic E-state index is 0.102. The summed E-state index contributed by atoms with van der Waals surface area (Å²) in [6, 6.07) is 6.84. The molecule has 4 amide bonds. The number of piperidine rings is 1. The van der Waals surface area contributed by atoms with Crippen molar-refractivity contribution in [1.29, 1.82) is 0 Å². The van der Waals surface area contributed by atoms with E-state index in [1.807, 2.05) is 0 Å². The SMILES string of the molecule is CCOC(=O)N[C@H]1CCCN(C(=O)c2ccc(CN3C(=O)CCC3=O)cc2)C1. The molecule has 1 N–H and O–H groups in total. The van der Waals surface area contributed by atoms with Crippen LogP contribution in [0.1, 0.15) is 48.5 Å². The molecule has 2 aliphatic rings. The van der Waals surface area contributed by atoms with Gasteiger partial charge in [-0.1, -0.05) is 12.1 Å². The molecule has 0 spiro atoms. The van der Waals surface area contributed by atoms with Crippen molar-refractivity contribution in [2.45, 2.75) is 45.2 Å². The summed E-state index contributed by atoms with van der Waals surface area (Å²) in [6.45, 7) is 3.37. The van der Waals surface area contributed by atoms with E-state index in [-0.39, 0.29) is 43.1 Å². The zero-order chi connectivity index (χ0) is 20.1. The first-order chi connectivity index (χ1) is 13.5. The van der Waals surface area contributed by atoms with Crippen LogP contribution in [0.15, 0.2) is 24.3 Å². The van der Waals surface area contributed by atoms with Crippen molar-refractivity contribution in [2.75, 3.05) is 19.7 Å². The van der Waals surface area contributed by atoms with Crippen LogP contribution in [0, 0.1) is 0 Å². The van der Waals surface area contributed by atoms with Crippen LogP contribution in [-0.2, 0) is 20.9 Å². The molecule has 0 aliphatic carbocycles. The highest BCUT2D eigenvalue weighted by Crippen LogP contribution is 2.18.